The second kappa shape index (κ2) is 9.60. The molecule has 0 spiro atoms. The Balaban J connectivity index is 1.72. The zero-order chi connectivity index (χ0) is 18.9. The smallest absolute Gasteiger partial charge is 0.409 e. The van der Waals surface area contributed by atoms with Gasteiger partial charge in [0.25, 0.3) is 5.91 Å². The molecule has 1 saturated heterocycles. The summed E-state index contributed by atoms with van der Waals surface area (Å²) in [6.45, 7) is 5.36. The van der Waals surface area contributed by atoms with Gasteiger partial charge in [-0.05, 0) is 25.5 Å². The van der Waals surface area contributed by atoms with Crippen LogP contribution in [0.3, 0.4) is 0 Å². The fraction of sp³-hybridized carbons (Fsp3) is 0.421. The zero-order valence-corrected chi connectivity index (χ0v) is 15.1. The van der Waals surface area contributed by atoms with Crippen molar-refractivity contribution in [3.63, 3.8) is 0 Å². The summed E-state index contributed by atoms with van der Waals surface area (Å²) < 4.78 is 9.93. The summed E-state index contributed by atoms with van der Waals surface area (Å²) in [5.74, 6) is -0.838. The number of ether oxygens (including phenoxy) is 2. The minimum Gasteiger partial charge on any atom is -0.452 e. The molecule has 2 amide bonds. The summed E-state index contributed by atoms with van der Waals surface area (Å²) in [6, 6.07) is 7.69. The van der Waals surface area contributed by atoms with E-state index in [1.807, 2.05) is 31.2 Å². The van der Waals surface area contributed by atoms with Crippen LogP contribution in [-0.4, -0.2) is 67.2 Å². The Kier molecular flexibility index (Phi) is 7.20. The average molecular weight is 360 g/mol. The number of aryl methyl sites for hydroxylation is 1. The highest BCUT2D eigenvalue weighted by Gasteiger charge is 2.25. The van der Waals surface area contributed by atoms with Crippen molar-refractivity contribution < 1.29 is 23.9 Å². The van der Waals surface area contributed by atoms with Gasteiger partial charge in [-0.2, -0.15) is 0 Å². The van der Waals surface area contributed by atoms with Crippen molar-refractivity contribution in [2.45, 2.75) is 13.8 Å². The molecule has 0 radical (unpaired) electrons. The summed E-state index contributed by atoms with van der Waals surface area (Å²) in [7, 11) is 0. The monoisotopic (exact) mass is 360 g/mol. The summed E-state index contributed by atoms with van der Waals surface area (Å²) in [6.07, 6.45) is 2.58. The highest BCUT2D eigenvalue weighted by molar-refractivity contribution is 5.89. The number of carbonyl (C=O) groups excluding carboxylic acids is 3. The fourth-order valence-corrected chi connectivity index (χ4v) is 2.47. The van der Waals surface area contributed by atoms with E-state index in [9.17, 15) is 14.4 Å². The number of benzene rings is 1. The van der Waals surface area contributed by atoms with E-state index in [2.05, 4.69) is 0 Å². The van der Waals surface area contributed by atoms with Gasteiger partial charge in [0.2, 0.25) is 0 Å². The molecule has 0 N–H and O–H groups in total. The van der Waals surface area contributed by atoms with Gasteiger partial charge in [0.05, 0.1) is 6.61 Å². The molecule has 1 aromatic carbocycles. The number of esters is 1. The largest absolute Gasteiger partial charge is 0.452 e. The zero-order valence-electron chi connectivity index (χ0n) is 15.1. The van der Waals surface area contributed by atoms with Gasteiger partial charge >= 0.3 is 12.1 Å². The van der Waals surface area contributed by atoms with Crippen LogP contribution in [0.15, 0.2) is 30.3 Å². The highest BCUT2D eigenvalue weighted by Crippen LogP contribution is 2.06. The Morgan fingerprint density at radius 3 is 2.23 bits per heavy atom. The Morgan fingerprint density at radius 1 is 1.00 bits per heavy atom. The van der Waals surface area contributed by atoms with Crippen molar-refractivity contribution in [3.8, 4) is 0 Å². The topological polar surface area (TPSA) is 76.2 Å². The van der Waals surface area contributed by atoms with Crippen LogP contribution in [0.25, 0.3) is 6.08 Å². The molecule has 0 bridgehead atoms. The standard InChI is InChI=1S/C19H24N2O5/c1-3-25-19(24)21-12-10-20(11-13-21)17(22)14-26-18(23)9-8-16-6-4-15(2)5-7-16/h4-9H,3,10-14H2,1-2H3/b9-8+. The van der Waals surface area contributed by atoms with Crippen LogP contribution < -0.4 is 0 Å². The van der Waals surface area contributed by atoms with Crippen molar-refractivity contribution in [2.75, 3.05) is 39.4 Å². The van der Waals surface area contributed by atoms with E-state index in [4.69, 9.17) is 9.47 Å². The average Bonchev–Trinajstić information content (AvgIpc) is 2.66. The van der Waals surface area contributed by atoms with E-state index in [1.54, 1.807) is 22.8 Å². The molecule has 1 fully saturated rings. The lowest BCUT2D eigenvalue weighted by Gasteiger charge is -2.33. The van der Waals surface area contributed by atoms with Crippen molar-refractivity contribution in [1.29, 1.82) is 0 Å². The van der Waals surface area contributed by atoms with Crippen molar-refractivity contribution in [1.82, 2.24) is 9.80 Å². The highest BCUT2D eigenvalue weighted by atomic mass is 16.6. The molecule has 1 heterocycles. The van der Waals surface area contributed by atoms with Crippen LogP contribution in [0.1, 0.15) is 18.1 Å². The summed E-state index contributed by atoms with van der Waals surface area (Å²) >= 11 is 0. The maximum absolute atomic E-state index is 12.1. The number of hydrogen-bond acceptors (Lipinski definition) is 5. The molecule has 0 aliphatic carbocycles. The van der Waals surface area contributed by atoms with Gasteiger partial charge in [0.1, 0.15) is 0 Å². The third-order valence-corrected chi connectivity index (χ3v) is 3.99. The van der Waals surface area contributed by atoms with Gasteiger partial charge in [0, 0.05) is 32.3 Å². The lowest BCUT2D eigenvalue weighted by molar-refractivity contribution is -0.148. The third kappa shape index (κ3) is 5.91. The first kappa shape index (κ1) is 19.5. The quantitative estimate of drug-likeness (QED) is 0.592. The van der Waals surface area contributed by atoms with Crippen LogP contribution in [-0.2, 0) is 19.1 Å². The number of hydrogen-bond donors (Lipinski definition) is 0. The number of nitrogens with zero attached hydrogens (tertiary/aromatic N) is 2. The van der Waals surface area contributed by atoms with Crippen LogP contribution >= 0.6 is 0 Å². The van der Waals surface area contributed by atoms with Gasteiger partial charge in [-0.25, -0.2) is 9.59 Å². The molecule has 2 rings (SSSR count). The van der Waals surface area contributed by atoms with Gasteiger partial charge in [-0.3, -0.25) is 4.79 Å². The number of rotatable bonds is 5. The molecule has 26 heavy (non-hydrogen) atoms. The molecular formula is C19H24N2O5. The van der Waals surface area contributed by atoms with Crippen LogP contribution in [0.5, 0.6) is 0 Å². The van der Waals surface area contributed by atoms with Gasteiger partial charge in [-0.1, -0.05) is 29.8 Å². The Morgan fingerprint density at radius 2 is 1.62 bits per heavy atom. The molecular weight excluding hydrogens is 336 g/mol. The minimum atomic E-state index is -0.566. The molecule has 7 heteroatoms. The van der Waals surface area contributed by atoms with Gasteiger partial charge in [-0.15, -0.1) is 0 Å². The molecule has 140 valence electrons. The summed E-state index contributed by atoms with van der Waals surface area (Å²) in [5.41, 5.74) is 2.02. The number of carbonyl (C=O) groups is 3. The summed E-state index contributed by atoms with van der Waals surface area (Å²) in [5, 5.41) is 0. The van der Waals surface area contributed by atoms with Crippen molar-refractivity contribution in [2.24, 2.45) is 0 Å². The molecule has 0 saturated carbocycles. The van der Waals surface area contributed by atoms with E-state index < -0.39 is 5.97 Å². The second-order valence-corrected chi connectivity index (χ2v) is 5.92. The molecule has 1 aromatic rings. The number of piperazine rings is 1. The van der Waals surface area contributed by atoms with E-state index in [0.29, 0.717) is 32.8 Å². The normalized spacial score (nSPS) is 14.4. The van der Waals surface area contributed by atoms with Crippen molar-refractivity contribution in [3.05, 3.63) is 41.5 Å². The Bertz CT molecular complexity index is 661. The molecule has 1 aliphatic rings. The predicted molar refractivity (Wildman–Crippen MR) is 96.3 cm³/mol. The van der Waals surface area contributed by atoms with E-state index >= 15 is 0 Å². The molecule has 0 atom stereocenters. The minimum absolute atomic E-state index is 0.273. The predicted octanol–water partition coefficient (Wildman–Crippen LogP) is 1.85. The SMILES string of the molecule is CCOC(=O)N1CCN(C(=O)COC(=O)/C=C/c2ccc(C)cc2)CC1. The Labute approximate surface area is 153 Å². The summed E-state index contributed by atoms with van der Waals surface area (Å²) in [4.78, 5) is 38.6. The van der Waals surface area contributed by atoms with Crippen LogP contribution in [0, 0.1) is 6.92 Å². The fourth-order valence-electron chi connectivity index (χ4n) is 2.47. The van der Waals surface area contributed by atoms with E-state index in [0.717, 1.165) is 11.1 Å². The molecule has 7 nitrogen and oxygen atoms in total. The van der Waals surface area contributed by atoms with E-state index in [-0.39, 0.29) is 18.6 Å². The lowest BCUT2D eigenvalue weighted by atomic mass is 10.1. The Hall–Kier alpha value is -2.83. The lowest BCUT2D eigenvalue weighted by Crippen LogP contribution is -2.51. The van der Waals surface area contributed by atoms with Crippen molar-refractivity contribution >= 4 is 24.0 Å². The van der Waals surface area contributed by atoms with E-state index in [1.165, 1.54) is 6.08 Å². The van der Waals surface area contributed by atoms with Crippen LogP contribution in [0.2, 0.25) is 0 Å². The third-order valence-electron chi connectivity index (χ3n) is 3.99. The second-order valence-electron chi connectivity index (χ2n) is 5.92. The molecule has 1 aliphatic heterocycles. The maximum Gasteiger partial charge on any atom is 0.409 e. The maximum atomic E-state index is 12.1. The molecule has 0 unspecified atom stereocenters. The van der Waals surface area contributed by atoms with Crippen LogP contribution in [0.4, 0.5) is 4.79 Å². The first-order valence-electron chi connectivity index (χ1n) is 8.60. The molecule has 0 aromatic heterocycles. The van der Waals surface area contributed by atoms with Gasteiger partial charge < -0.3 is 19.3 Å². The first-order valence-corrected chi connectivity index (χ1v) is 8.60. The van der Waals surface area contributed by atoms with Gasteiger partial charge in [0.15, 0.2) is 6.61 Å². The first-order chi connectivity index (χ1) is 12.5. The number of amides is 2.